The molecule has 1 aliphatic carbocycles. The highest BCUT2D eigenvalue weighted by Crippen LogP contribution is 2.56. The number of nitrogens with zero attached hydrogens (tertiary/aromatic N) is 2. The molecular weight excluding hydrogens is 713 g/mol. The zero-order chi connectivity index (χ0) is 39.7. The number of hydrogen-bond acceptors (Lipinski definition) is 2. The van der Waals surface area contributed by atoms with Crippen molar-refractivity contribution in [2.75, 3.05) is 0 Å². The van der Waals surface area contributed by atoms with Gasteiger partial charge in [-0.2, -0.15) is 0 Å². The third-order valence-corrected chi connectivity index (χ3v) is 11.4. The van der Waals surface area contributed by atoms with Crippen molar-refractivity contribution >= 4 is 16.3 Å². The molecule has 8 aromatic carbocycles. The molecule has 9 aromatic rings. The van der Waals surface area contributed by atoms with Crippen LogP contribution in [0.1, 0.15) is 12.5 Å². The van der Waals surface area contributed by atoms with Gasteiger partial charge in [-0.3, -0.25) is 0 Å². The SMILES string of the molecule is C=C/C=C\C=C(/C)c1c(-c2ccc(-c3cc(-c4ccc(-c5ccccc5)cc4)nc(-c4ccccc4)n3)cc2)cc(-c2ccccc2)c2c1-c1cccc3cccc-2c13. The van der Waals surface area contributed by atoms with Crippen LogP contribution in [0.2, 0.25) is 0 Å². The zero-order valence-corrected chi connectivity index (χ0v) is 32.8. The van der Waals surface area contributed by atoms with E-state index in [1.54, 1.807) is 0 Å². The largest absolute Gasteiger partial charge is 0.228 e. The molecule has 59 heavy (non-hydrogen) atoms. The average molecular weight is 753 g/mol. The van der Waals surface area contributed by atoms with Crippen LogP contribution >= 0.6 is 0 Å². The Kier molecular flexibility index (Phi) is 9.29. The molecule has 0 bridgehead atoms. The molecular formula is C57H40N2. The van der Waals surface area contributed by atoms with Crippen molar-refractivity contribution in [3.63, 3.8) is 0 Å². The molecule has 0 amide bonds. The van der Waals surface area contributed by atoms with Crippen molar-refractivity contribution in [1.29, 1.82) is 0 Å². The molecule has 0 unspecified atom stereocenters. The van der Waals surface area contributed by atoms with Gasteiger partial charge in [0.2, 0.25) is 0 Å². The summed E-state index contributed by atoms with van der Waals surface area (Å²) in [6.07, 6.45) is 8.11. The summed E-state index contributed by atoms with van der Waals surface area (Å²) >= 11 is 0. The maximum absolute atomic E-state index is 5.16. The van der Waals surface area contributed by atoms with E-state index in [9.17, 15) is 0 Å². The zero-order valence-electron chi connectivity index (χ0n) is 32.8. The third-order valence-electron chi connectivity index (χ3n) is 11.4. The minimum absolute atomic E-state index is 0.699. The maximum atomic E-state index is 5.16. The van der Waals surface area contributed by atoms with Gasteiger partial charge in [-0.05, 0) is 96.6 Å². The topological polar surface area (TPSA) is 25.8 Å². The van der Waals surface area contributed by atoms with E-state index in [4.69, 9.17) is 9.97 Å². The summed E-state index contributed by atoms with van der Waals surface area (Å²) in [6, 6.07) is 67.1. The molecule has 2 nitrogen and oxygen atoms in total. The van der Waals surface area contributed by atoms with E-state index < -0.39 is 0 Å². The van der Waals surface area contributed by atoms with E-state index in [0.29, 0.717) is 5.82 Å². The lowest BCUT2D eigenvalue weighted by molar-refractivity contribution is 1.18. The van der Waals surface area contributed by atoms with Crippen LogP contribution in [0.25, 0.3) is 106 Å². The first-order valence-electron chi connectivity index (χ1n) is 20.1. The molecule has 1 heterocycles. The van der Waals surface area contributed by atoms with Crippen LogP contribution in [0.4, 0.5) is 0 Å². The summed E-state index contributed by atoms with van der Waals surface area (Å²) in [7, 11) is 0. The van der Waals surface area contributed by atoms with Gasteiger partial charge < -0.3 is 0 Å². The fraction of sp³-hybridized carbons (Fsp3) is 0.0175. The van der Waals surface area contributed by atoms with Crippen molar-refractivity contribution in [2.45, 2.75) is 6.92 Å². The molecule has 1 aliphatic rings. The highest BCUT2D eigenvalue weighted by Gasteiger charge is 2.30. The molecule has 0 fully saturated rings. The van der Waals surface area contributed by atoms with Gasteiger partial charge in [-0.15, -0.1) is 0 Å². The number of rotatable bonds is 9. The summed E-state index contributed by atoms with van der Waals surface area (Å²) in [4.78, 5) is 10.3. The third kappa shape index (κ3) is 6.61. The quantitative estimate of drug-likeness (QED) is 0.137. The minimum atomic E-state index is 0.699. The first-order chi connectivity index (χ1) is 29.1. The van der Waals surface area contributed by atoms with E-state index >= 15 is 0 Å². The van der Waals surface area contributed by atoms with Crippen molar-refractivity contribution < 1.29 is 0 Å². The Morgan fingerprint density at radius 3 is 1.51 bits per heavy atom. The van der Waals surface area contributed by atoms with Gasteiger partial charge in [-0.25, -0.2) is 9.97 Å². The van der Waals surface area contributed by atoms with Crippen molar-refractivity contribution in [3.05, 3.63) is 225 Å². The summed E-state index contributed by atoms with van der Waals surface area (Å²) < 4.78 is 0. The Labute approximate surface area is 345 Å². The summed E-state index contributed by atoms with van der Waals surface area (Å²) in [5, 5.41) is 2.57. The van der Waals surface area contributed by atoms with Crippen LogP contribution in [0.3, 0.4) is 0 Å². The van der Waals surface area contributed by atoms with E-state index in [-0.39, 0.29) is 0 Å². The van der Waals surface area contributed by atoms with Crippen LogP contribution in [-0.4, -0.2) is 9.97 Å². The maximum Gasteiger partial charge on any atom is 0.160 e. The van der Waals surface area contributed by atoms with Gasteiger partial charge in [0.1, 0.15) is 0 Å². The summed E-state index contributed by atoms with van der Waals surface area (Å²) in [6.45, 7) is 6.15. The molecule has 0 spiro atoms. The monoisotopic (exact) mass is 752 g/mol. The number of aromatic nitrogens is 2. The number of benzene rings is 8. The molecule has 1 aromatic heterocycles. The van der Waals surface area contributed by atoms with Crippen molar-refractivity contribution in [2.24, 2.45) is 0 Å². The normalized spacial score (nSPS) is 11.9. The second-order valence-electron chi connectivity index (χ2n) is 15.0. The standard InChI is InChI=1S/C57H40N2/c1-3-4-8-17-38(2)53-49(36-50(41-20-11-6-12-21-41)55-47-26-15-24-45-25-16-27-48(54(45)47)56(53)55)42-30-34-44(35-31-42)52-37-51(58-57(59-52)46-22-13-7-14-23-46)43-32-28-40(29-33-43)39-18-9-5-10-19-39/h3-37H,1H2,2H3/b8-4-,38-17+. The van der Waals surface area contributed by atoms with Crippen LogP contribution in [0.15, 0.2) is 219 Å². The lowest BCUT2D eigenvalue weighted by Gasteiger charge is -2.21. The lowest BCUT2D eigenvalue weighted by atomic mass is 9.82. The highest BCUT2D eigenvalue weighted by molar-refractivity contribution is 6.21. The van der Waals surface area contributed by atoms with Crippen molar-refractivity contribution in [3.8, 4) is 89.5 Å². The van der Waals surface area contributed by atoms with E-state index in [0.717, 1.165) is 33.6 Å². The molecule has 0 N–H and O–H groups in total. The number of hydrogen-bond donors (Lipinski definition) is 0. The van der Waals surface area contributed by atoms with Gasteiger partial charge in [0.25, 0.3) is 0 Å². The smallest absolute Gasteiger partial charge is 0.160 e. The molecule has 2 heteroatoms. The van der Waals surface area contributed by atoms with E-state index in [1.165, 1.54) is 72.0 Å². The number of allylic oxidation sites excluding steroid dienone is 5. The molecule has 0 aliphatic heterocycles. The minimum Gasteiger partial charge on any atom is -0.228 e. The van der Waals surface area contributed by atoms with Crippen LogP contribution < -0.4 is 0 Å². The first-order valence-corrected chi connectivity index (χ1v) is 20.1. The first kappa shape index (κ1) is 35.7. The predicted octanol–water partition coefficient (Wildman–Crippen LogP) is 15.4. The van der Waals surface area contributed by atoms with Gasteiger partial charge in [0.05, 0.1) is 11.4 Å². The molecule has 10 rings (SSSR count). The fourth-order valence-corrected chi connectivity index (χ4v) is 8.58. The fourth-order valence-electron chi connectivity index (χ4n) is 8.58. The van der Waals surface area contributed by atoms with Gasteiger partial charge in [0.15, 0.2) is 5.82 Å². The van der Waals surface area contributed by atoms with Gasteiger partial charge in [-0.1, -0.05) is 207 Å². The Balaban J connectivity index is 1.14. The summed E-state index contributed by atoms with van der Waals surface area (Å²) in [5.74, 6) is 0.699. The Morgan fingerprint density at radius 2 is 0.915 bits per heavy atom. The summed E-state index contributed by atoms with van der Waals surface area (Å²) in [5.41, 5.74) is 19.5. The van der Waals surface area contributed by atoms with Gasteiger partial charge in [0, 0.05) is 16.7 Å². The lowest BCUT2D eigenvalue weighted by Crippen LogP contribution is -1.97. The predicted molar refractivity (Wildman–Crippen MR) is 250 cm³/mol. The Hall–Kier alpha value is -7.68. The molecule has 0 atom stereocenters. The Bertz CT molecular complexity index is 3060. The highest BCUT2D eigenvalue weighted by atomic mass is 14.9. The molecule has 278 valence electrons. The number of fused-ring (bicyclic) bond motifs is 3. The second-order valence-corrected chi connectivity index (χ2v) is 15.0. The van der Waals surface area contributed by atoms with E-state index in [2.05, 4.69) is 189 Å². The molecule has 0 saturated carbocycles. The van der Waals surface area contributed by atoms with Crippen LogP contribution in [0.5, 0.6) is 0 Å². The second kappa shape index (κ2) is 15.3. The van der Waals surface area contributed by atoms with Gasteiger partial charge >= 0.3 is 0 Å². The average Bonchev–Trinajstić information content (AvgIpc) is 3.65. The van der Waals surface area contributed by atoms with Crippen molar-refractivity contribution in [1.82, 2.24) is 9.97 Å². The van der Waals surface area contributed by atoms with E-state index in [1.807, 2.05) is 36.4 Å². The molecule has 0 saturated heterocycles. The molecule has 0 radical (unpaired) electrons. The Morgan fingerprint density at radius 1 is 0.424 bits per heavy atom. The van der Waals surface area contributed by atoms with Crippen LogP contribution in [0, 0.1) is 0 Å². The van der Waals surface area contributed by atoms with Crippen LogP contribution in [-0.2, 0) is 0 Å².